The minimum Gasteiger partial charge on any atom is -0.371 e. The van der Waals surface area contributed by atoms with E-state index in [1.165, 1.54) is 5.56 Å². The Balaban J connectivity index is 0.00000363. The van der Waals surface area contributed by atoms with Gasteiger partial charge in [0.1, 0.15) is 12.6 Å². The van der Waals surface area contributed by atoms with E-state index in [-0.39, 0.29) is 30.1 Å². The summed E-state index contributed by atoms with van der Waals surface area (Å²) in [7, 11) is 0. The summed E-state index contributed by atoms with van der Waals surface area (Å²) >= 11 is 5.98. The van der Waals surface area contributed by atoms with Crippen molar-refractivity contribution in [3.05, 3.63) is 46.6 Å². The summed E-state index contributed by atoms with van der Waals surface area (Å²) in [6, 6.07) is 8.49. The molecular formula is C22H34ClIN6O2. The molecule has 1 aliphatic heterocycles. The zero-order chi connectivity index (χ0) is 22.1. The fourth-order valence-electron chi connectivity index (χ4n) is 3.57. The number of piperidine rings is 1. The Kier molecular flexibility index (Phi) is 11.7. The molecule has 0 bridgehead atoms. The Morgan fingerprint density at radius 2 is 2.00 bits per heavy atom. The van der Waals surface area contributed by atoms with E-state index in [1.807, 2.05) is 26.0 Å². The molecule has 1 fully saturated rings. The third kappa shape index (κ3) is 8.49. The van der Waals surface area contributed by atoms with Gasteiger partial charge in [-0.2, -0.15) is 4.98 Å². The number of aromatic nitrogens is 2. The van der Waals surface area contributed by atoms with Crippen LogP contribution < -0.4 is 10.6 Å². The highest BCUT2D eigenvalue weighted by Crippen LogP contribution is 2.16. The molecule has 32 heavy (non-hydrogen) atoms. The molecule has 1 aliphatic rings. The van der Waals surface area contributed by atoms with Crippen LogP contribution in [0.25, 0.3) is 0 Å². The van der Waals surface area contributed by atoms with Gasteiger partial charge >= 0.3 is 0 Å². The van der Waals surface area contributed by atoms with Crippen LogP contribution in [0.15, 0.2) is 33.8 Å². The molecule has 1 unspecified atom stereocenters. The van der Waals surface area contributed by atoms with Gasteiger partial charge in [0.05, 0.1) is 0 Å². The zero-order valence-electron chi connectivity index (χ0n) is 19.0. The molecular weight excluding hydrogens is 543 g/mol. The van der Waals surface area contributed by atoms with Crippen LogP contribution in [0.5, 0.6) is 0 Å². The van der Waals surface area contributed by atoms with Crippen LogP contribution in [0, 0.1) is 0 Å². The predicted octanol–water partition coefficient (Wildman–Crippen LogP) is 4.16. The lowest BCUT2D eigenvalue weighted by molar-refractivity contribution is 0.0683. The number of ether oxygens (including phenoxy) is 1. The Labute approximate surface area is 212 Å². The van der Waals surface area contributed by atoms with E-state index >= 15 is 0 Å². The summed E-state index contributed by atoms with van der Waals surface area (Å²) in [5.41, 5.74) is 1.29. The van der Waals surface area contributed by atoms with Gasteiger partial charge in [-0.05, 0) is 51.3 Å². The van der Waals surface area contributed by atoms with E-state index < -0.39 is 0 Å². The van der Waals surface area contributed by atoms with Crippen molar-refractivity contribution in [3.8, 4) is 0 Å². The Morgan fingerprint density at radius 3 is 2.66 bits per heavy atom. The molecule has 1 aromatic heterocycles. The Hall–Kier alpha value is -1.43. The fraction of sp³-hybridized carbons (Fsp3) is 0.591. The van der Waals surface area contributed by atoms with Gasteiger partial charge in [0.2, 0.25) is 5.89 Å². The van der Waals surface area contributed by atoms with Crippen molar-refractivity contribution >= 4 is 41.5 Å². The first kappa shape index (κ1) is 26.8. The van der Waals surface area contributed by atoms with Crippen LogP contribution in [0.4, 0.5) is 0 Å². The quantitative estimate of drug-likeness (QED) is 0.263. The molecule has 0 aliphatic carbocycles. The van der Waals surface area contributed by atoms with Crippen LogP contribution in [0.2, 0.25) is 5.02 Å². The number of halogens is 2. The fourth-order valence-corrected chi connectivity index (χ4v) is 3.69. The minimum atomic E-state index is -0.184. The van der Waals surface area contributed by atoms with Crippen LogP contribution in [0.1, 0.15) is 57.0 Å². The molecule has 1 aromatic carbocycles. The highest BCUT2D eigenvalue weighted by Gasteiger charge is 2.20. The van der Waals surface area contributed by atoms with Gasteiger partial charge in [-0.25, -0.2) is 4.99 Å². The molecule has 2 heterocycles. The molecule has 178 valence electrons. The van der Waals surface area contributed by atoms with Crippen molar-refractivity contribution in [2.24, 2.45) is 4.99 Å². The van der Waals surface area contributed by atoms with E-state index in [0.29, 0.717) is 30.9 Å². The van der Waals surface area contributed by atoms with E-state index in [2.05, 4.69) is 49.7 Å². The number of hydrogen-bond donors (Lipinski definition) is 2. The molecule has 2 aromatic rings. The van der Waals surface area contributed by atoms with E-state index in [0.717, 1.165) is 50.0 Å². The number of likely N-dealkylation sites (tertiary alicyclic amines) is 1. The van der Waals surface area contributed by atoms with Gasteiger partial charge in [-0.1, -0.05) is 28.9 Å². The average molecular weight is 577 g/mol. The second-order valence-corrected chi connectivity index (χ2v) is 8.10. The molecule has 3 rings (SSSR count). The van der Waals surface area contributed by atoms with Gasteiger partial charge < -0.3 is 19.9 Å². The van der Waals surface area contributed by atoms with Gasteiger partial charge in [0.25, 0.3) is 0 Å². The SMILES string of the molecule is CCNC(=NCc1nc(C(C)OCC)no1)NC1CCN(Cc2ccc(Cl)cc2)CC1.I. The average Bonchev–Trinajstić information content (AvgIpc) is 3.25. The highest BCUT2D eigenvalue weighted by atomic mass is 127. The van der Waals surface area contributed by atoms with Crippen molar-refractivity contribution < 1.29 is 9.26 Å². The summed E-state index contributed by atoms with van der Waals surface area (Å²) in [6.45, 7) is 10.7. The molecule has 1 atom stereocenters. The number of rotatable bonds is 9. The van der Waals surface area contributed by atoms with Crippen LogP contribution in [0.3, 0.4) is 0 Å². The van der Waals surface area contributed by atoms with E-state index in [9.17, 15) is 0 Å². The maximum atomic E-state index is 5.98. The number of guanidine groups is 1. The summed E-state index contributed by atoms with van der Waals surface area (Å²) in [6.07, 6.45) is 1.94. The Morgan fingerprint density at radius 1 is 1.28 bits per heavy atom. The molecule has 0 saturated carbocycles. The van der Waals surface area contributed by atoms with E-state index in [1.54, 1.807) is 0 Å². The zero-order valence-corrected chi connectivity index (χ0v) is 22.1. The first-order valence-electron chi connectivity index (χ1n) is 11.0. The minimum absolute atomic E-state index is 0. The summed E-state index contributed by atoms with van der Waals surface area (Å²) in [5, 5.41) is 11.6. The molecule has 0 spiro atoms. The van der Waals surface area contributed by atoms with Gasteiger partial charge in [-0.3, -0.25) is 4.90 Å². The van der Waals surface area contributed by atoms with Crippen molar-refractivity contribution in [1.82, 2.24) is 25.7 Å². The largest absolute Gasteiger partial charge is 0.371 e. The number of aliphatic imine (C=N–C) groups is 1. The lowest BCUT2D eigenvalue weighted by Crippen LogP contribution is -2.48. The first-order valence-corrected chi connectivity index (χ1v) is 11.4. The van der Waals surface area contributed by atoms with Crippen molar-refractivity contribution in [2.75, 3.05) is 26.2 Å². The number of hydrogen-bond acceptors (Lipinski definition) is 6. The maximum Gasteiger partial charge on any atom is 0.248 e. The molecule has 0 radical (unpaired) electrons. The lowest BCUT2D eigenvalue weighted by Gasteiger charge is -2.33. The molecule has 2 N–H and O–H groups in total. The van der Waals surface area contributed by atoms with Gasteiger partial charge in [-0.15, -0.1) is 24.0 Å². The highest BCUT2D eigenvalue weighted by molar-refractivity contribution is 14.0. The van der Waals surface area contributed by atoms with Gasteiger partial charge in [0.15, 0.2) is 11.8 Å². The smallest absolute Gasteiger partial charge is 0.248 e. The Bertz CT molecular complexity index is 824. The number of nitrogens with zero attached hydrogens (tertiary/aromatic N) is 4. The molecule has 0 amide bonds. The van der Waals surface area contributed by atoms with Crippen molar-refractivity contribution in [2.45, 2.75) is 58.8 Å². The lowest BCUT2D eigenvalue weighted by atomic mass is 10.0. The molecule has 1 saturated heterocycles. The van der Waals surface area contributed by atoms with E-state index in [4.69, 9.17) is 20.9 Å². The number of nitrogens with one attached hydrogen (secondary N) is 2. The molecule has 10 heteroatoms. The van der Waals surface area contributed by atoms with Crippen molar-refractivity contribution in [1.29, 1.82) is 0 Å². The summed E-state index contributed by atoms with van der Waals surface area (Å²) in [5.74, 6) is 1.81. The standard InChI is InChI=1S/C22H33ClN6O2.HI/c1-4-24-22(25-14-20-27-21(28-31-20)16(3)30-5-2)26-19-10-12-29(13-11-19)15-17-6-8-18(23)9-7-17;/h6-9,16,19H,4-5,10-15H2,1-3H3,(H2,24,25,26);1H. The summed E-state index contributed by atoms with van der Waals surface area (Å²) in [4.78, 5) is 11.5. The van der Waals surface area contributed by atoms with Crippen molar-refractivity contribution in [3.63, 3.8) is 0 Å². The summed E-state index contributed by atoms with van der Waals surface area (Å²) < 4.78 is 10.8. The monoisotopic (exact) mass is 576 g/mol. The maximum absolute atomic E-state index is 5.98. The second kappa shape index (κ2) is 14.0. The second-order valence-electron chi connectivity index (χ2n) is 7.66. The van der Waals surface area contributed by atoms with Crippen LogP contribution in [-0.4, -0.2) is 53.3 Å². The normalized spacial score (nSPS) is 16.4. The van der Waals surface area contributed by atoms with Crippen LogP contribution >= 0.6 is 35.6 Å². The first-order chi connectivity index (χ1) is 15.1. The third-order valence-corrected chi connectivity index (χ3v) is 5.48. The van der Waals surface area contributed by atoms with Gasteiger partial charge in [0, 0.05) is 43.9 Å². The van der Waals surface area contributed by atoms with Crippen LogP contribution in [-0.2, 0) is 17.8 Å². The number of benzene rings is 1. The molecule has 8 nitrogen and oxygen atoms in total. The topological polar surface area (TPSA) is 87.8 Å². The third-order valence-electron chi connectivity index (χ3n) is 5.23. The predicted molar refractivity (Wildman–Crippen MR) is 137 cm³/mol.